The summed E-state index contributed by atoms with van der Waals surface area (Å²) in [7, 11) is 1.34. The van der Waals surface area contributed by atoms with E-state index in [-0.39, 0.29) is 18.5 Å². The van der Waals surface area contributed by atoms with Gasteiger partial charge in [0.1, 0.15) is 6.61 Å². The average Bonchev–Trinajstić information content (AvgIpc) is 2.18. The third-order valence-electron chi connectivity index (χ3n) is 1.14. The number of rotatable bonds is 5. The summed E-state index contributed by atoms with van der Waals surface area (Å²) in [4.78, 5) is 20.2. The van der Waals surface area contributed by atoms with E-state index in [9.17, 15) is 9.59 Å². The van der Waals surface area contributed by atoms with Gasteiger partial charge in [-0.3, -0.25) is 4.79 Å². The standard InChI is InChI=1S/C6H12O3.C4H8O2/c1-3-4-9-5-6(7)8-2;1-3-6-4(2)5/h3-5H2,1-2H3;3H2,1-2H3. The number of methoxy groups -OCH3 is 1. The van der Waals surface area contributed by atoms with Gasteiger partial charge in [0.25, 0.3) is 0 Å². The van der Waals surface area contributed by atoms with Crippen molar-refractivity contribution < 1.29 is 23.8 Å². The fourth-order valence-corrected chi connectivity index (χ4v) is 0.562. The molecule has 0 aliphatic heterocycles. The maximum absolute atomic E-state index is 10.3. The lowest BCUT2D eigenvalue weighted by atomic mass is 10.5. The van der Waals surface area contributed by atoms with E-state index in [0.29, 0.717) is 13.2 Å². The molecule has 0 aromatic rings. The number of hydrogen-bond donors (Lipinski definition) is 0. The molecular formula is C10H20O5. The van der Waals surface area contributed by atoms with Crippen molar-refractivity contribution in [2.24, 2.45) is 0 Å². The van der Waals surface area contributed by atoms with Gasteiger partial charge in [0, 0.05) is 13.5 Å². The van der Waals surface area contributed by atoms with Crippen LogP contribution in [0, 0.1) is 0 Å². The second-order valence-corrected chi connectivity index (χ2v) is 2.55. The Morgan fingerprint density at radius 1 is 1.20 bits per heavy atom. The molecule has 0 radical (unpaired) electrons. The Morgan fingerprint density at radius 3 is 2.07 bits per heavy atom. The van der Waals surface area contributed by atoms with Crippen molar-refractivity contribution in [2.75, 3.05) is 26.9 Å². The predicted molar refractivity (Wildman–Crippen MR) is 55.4 cm³/mol. The van der Waals surface area contributed by atoms with Crippen molar-refractivity contribution in [3.05, 3.63) is 0 Å². The van der Waals surface area contributed by atoms with E-state index in [1.165, 1.54) is 14.0 Å². The van der Waals surface area contributed by atoms with Crippen molar-refractivity contribution >= 4 is 11.9 Å². The highest BCUT2D eigenvalue weighted by Gasteiger charge is 1.96. The minimum atomic E-state index is -0.316. The third kappa shape index (κ3) is 19.3. The molecule has 0 atom stereocenters. The molecule has 15 heavy (non-hydrogen) atoms. The number of esters is 2. The maximum Gasteiger partial charge on any atom is 0.331 e. The van der Waals surface area contributed by atoms with E-state index in [2.05, 4.69) is 9.47 Å². The van der Waals surface area contributed by atoms with E-state index in [1.807, 2.05) is 6.92 Å². The Labute approximate surface area is 90.7 Å². The van der Waals surface area contributed by atoms with Gasteiger partial charge in [0.15, 0.2) is 0 Å². The minimum Gasteiger partial charge on any atom is -0.467 e. The summed E-state index contributed by atoms with van der Waals surface area (Å²) in [5, 5.41) is 0. The molecule has 0 aromatic heterocycles. The number of hydrogen-bond acceptors (Lipinski definition) is 5. The van der Waals surface area contributed by atoms with E-state index < -0.39 is 0 Å². The molecule has 0 bridgehead atoms. The summed E-state index contributed by atoms with van der Waals surface area (Å²) >= 11 is 0. The molecule has 0 aliphatic rings. The zero-order chi connectivity index (χ0) is 12.1. The van der Waals surface area contributed by atoms with Gasteiger partial charge in [-0.25, -0.2) is 4.79 Å². The normalized spacial score (nSPS) is 8.53. The van der Waals surface area contributed by atoms with Crippen LogP contribution in [0.15, 0.2) is 0 Å². The molecule has 0 saturated carbocycles. The second-order valence-electron chi connectivity index (χ2n) is 2.55. The Balaban J connectivity index is 0. The Hall–Kier alpha value is -1.10. The largest absolute Gasteiger partial charge is 0.467 e. The van der Waals surface area contributed by atoms with Crippen LogP contribution in [-0.2, 0) is 23.8 Å². The van der Waals surface area contributed by atoms with Crippen molar-refractivity contribution in [2.45, 2.75) is 27.2 Å². The number of carbonyl (C=O) groups is 2. The van der Waals surface area contributed by atoms with Gasteiger partial charge in [0.05, 0.1) is 13.7 Å². The van der Waals surface area contributed by atoms with Crippen molar-refractivity contribution in [1.82, 2.24) is 0 Å². The molecule has 0 fully saturated rings. The van der Waals surface area contributed by atoms with Crippen LogP contribution in [0.1, 0.15) is 27.2 Å². The van der Waals surface area contributed by atoms with Crippen LogP contribution < -0.4 is 0 Å². The van der Waals surface area contributed by atoms with E-state index >= 15 is 0 Å². The summed E-state index contributed by atoms with van der Waals surface area (Å²) in [6.45, 7) is 6.33. The first-order valence-corrected chi connectivity index (χ1v) is 4.86. The second kappa shape index (κ2) is 12.9. The predicted octanol–water partition coefficient (Wildman–Crippen LogP) is 1.16. The molecule has 0 heterocycles. The zero-order valence-electron chi connectivity index (χ0n) is 9.87. The first-order valence-electron chi connectivity index (χ1n) is 4.86. The van der Waals surface area contributed by atoms with Crippen LogP contribution in [0.25, 0.3) is 0 Å². The van der Waals surface area contributed by atoms with Crippen LogP contribution in [0.4, 0.5) is 0 Å². The van der Waals surface area contributed by atoms with E-state index in [0.717, 1.165) is 6.42 Å². The average molecular weight is 220 g/mol. The van der Waals surface area contributed by atoms with Gasteiger partial charge in [-0.15, -0.1) is 0 Å². The number of carbonyl (C=O) groups excluding carboxylic acids is 2. The van der Waals surface area contributed by atoms with Gasteiger partial charge >= 0.3 is 11.9 Å². The highest BCUT2D eigenvalue weighted by atomic mass is 16.6. The van der Waals surface area contributed by atoms with Crippen LogP contribution in [0.3, 0.4) is 0 Å². The summed E-state index contributed by atoms with van der Waals surface area (Å²) in [6.07, 6.45) is 0.928. The van der Waals surface area contributed by atoms with Crippen molar-refractivity contribution in [3.63, 3.8) is 0 Å². The molecule has 0 aromatic carbocycles. The fraction of sp³-hybridized carbons (Fsp3) is 0.800. The lowest BCUT2D eigenvalue weighted by Gasteiger charge is -1.98. The SMILES string of the molecule is CCCOCC(=O)OC.CCOC(C)=O. The van der Waals surface area contributed by atoms with Gasteiger partial charge in [-0.1, -0.05) is 6.92 Å². The van der Waals surface area contributed by atoms with Crippen LogP contribution in [-0.4, -0.2) is 38.9 Å². The highest BCUT2D eigenvalue weighted by molar-refractivity contribution is 5.70. The lowest BCUT2D eigenvalue weighted by molar-refractivity contribution is -0.146. The van der Waals surface area contributed by atoms with Crippen LogP contribution >= 0.6 is 0 Å². The zero-order valence-corrected chi connectivity index (χ0v) is 9.87. The monoisotopic (exact) mass is 220 g/mol. The molecule has 0 unspecified atom stereocenters. The summed E-state index contributed by atoms with van der Waals surface area (Å²) in [5.41, 5.74) is 0. The minimum absolute atomic E-state index is 0.0737. The van der Waals surface area contributed by atoms with Crippen molar-refractivity contribution in [3.8, 4) is 0 Å². The summed E-state index contributed by atoms with van der Waals surface area (Å²) in [5.74, 6) is -0.527. The molecule has 90 valence electrons. The van der Waals surface area contributed by atoms with Crippen LogP contribution in [0.2, 0.25) is 0 Å². The molecule has 0 spiro atoms. The molecule has 0 saturated heterocycles. The van der Waals surface area contributed by atoms with E-state index in [4.69, 9.17) is 4.74 Å². The molecule has 5 nitrogen and oxygen atoms in total. The summed E-state index contributed by atoms with van der Waals surface area (Å²) < 4.78 is 13.6. The van der Waals surface area contributed by atoms with E-state index in [1.54, 1.807) is 6.92 Å². The quantitative estimate of drug-likeness (QED) is 0.514. The molecule has 5 heteroatoms. The topological polar surface area (TPSA) is 61.8 Å². The molecule has 0 aliphatic carbocycles. The number of ether oxygens (including phenoxy) is 3. The summed E-state index contributed by atoms with van der Waals surface area (Å²) in [6, 6.07) is 0. The van der Waals surface area contributed by atoms with Crippen molar-refractivity contribution in [1.29, 1.82) is 0 Å². The van der Waals surface area contributed by atoms with Gasteiger partial charge < -0.3 is 14.2 Å². The Kier molecular flexibility index (Phi) is 14.0. The molecule has 0 rings (SSSR count). The first kappa shape index (κ1) is 16.3. The van der Waals surface area contributed by atoms with Gasteiger partial charge in [0.2, 0.25) is 0 Å². The molecule has 0 N–H and O–H groups in total. The van der Waals surface area contributed by atoms with Gasteiger partial charge in [-0.2, -0.15) is 0 Å². The lowest BCUT2D eigenvalue weighted by Crippen LogP contribution is -2.10. The Morgan fingerprint density at radius 2 is 1.80 bits per heavy atom. The highest BCUT2D eigenvalue weighted by Crippen LogP contribution is 1.81. The molecular weight excluding hydrogens is 200 g/mol. The van der Waals surface area contributed by atoms with Gasteiger partial charge in [-0.05, 0) is 13.3 Å². The fourth-order valence-electron chi connectivity index (χ4n) is 0.562. The van der Waals surface area contributed by atoms with Crippen LogP contribution in [0.5, 0.6) is 0 Å². The molecule has 0 amide bonds. The maximum atomic E-state index is 10.3. The smallest absolute Gasteiger partial charge is 0.331 e. The first-order chi connectivity index (χ1) is 7.08. The Bertz CT molecular complexity index is 167. The third-order valence-corrected chi connectivity index (χ3v) is 1.14.